The molecule has 6 heteroatoms. The average Bonchev–Trinajstić information content (AvgIpc) is 2.39. The van der Waals surface area contributed by atoms with Crippen molar-refractivity contribution in [1.29, 1.82) is 0 Å². The van der Waals surface area contributed by atoms with Gasteiger partial charge < -0.3 is 14.6 Å². The van der Waals surface area contributed by atoms with Gasteiger partial charge in [-0.25, -0.2) is 0 Å². The van der Waals surface area contributed by atoms with Crippen molar-refractivity contribution in [1.82, 2.24) is 0 Å². The van der Waals surface area contributed by atoms with Crippen molar-refractivity contribution < 1.29 is 19.4 Å². The smallest absolute Gasteiger partial charge is 0.319 e. The molecule has 0 fully saturated rings. The van der Waals surface area contributed by atoms with Crippen molar-refractivity contribution >= 4 is 33.8 Å². The summed E-state index contributed by atoms with van der Waals surface area (Å²) in [5.41, 5.74) is 0.664. The number of nitrogens with zero attached hydrogens (tertiary/aromatic N) is 1. The van der Waals surface area contributed by atoms with Gasteiger partial charge in [-0.05, 0) is 32.0 Å². The molecule has 1 rings (SSSR count). The second-order valence-electron chi connectivity index (χ2n) is 3.88. The van der Waals surface area contributed by atoms with Crippen LogP contribution in [0.4, 0.5) is 5.69 Å². The van der Waals surface area contributed by atoms with Crippen LogP contribution in [0.5, 0.6) is 0 Å². The molecule has 0 heterocycles. The molecule has 0 aliphatic heterocycles. The van der Waals surface area contributed by atoms with Gasteiger partial charge in [-0.3, -0.25) is 9.79 Å². The molecule has 0 aliphatic carbocycles. The number of aliphatic hydroxyl groups is 1. The van der Waals surface area contributed by atoms with E-state index in [0.717, 1.165) is 4.47 Å². The molecule has 0 saturated carbocycles. The Morgan fingerprint density at radius 1 is 1.45 bits per heavy atom. The lowest BCUT2D eigenvalue weighted by atomic mass is 10.1. The zero-order valence-corrected chi connectivity index (χ0v) is 13.0. The summed E-state index contributed by atoms with van der Waals surface area (Å²) in [4.78, 5) is 16.0. The molecule has 0 spiro atoms. The Kier molecular flexibility index (Phi) is 7.43. The van der Waals surface area contributed by atoms with Crippen molar-refractivity contribution in [2.24, 2.45) is 10.9 Å². The van der Waals surface area contributed by atoms with Crippen LogP contribution in [0.25, 0.3) is 0 Å². The fourth-order valence-electron chi connectivity index (χ4n) is 1.49. The number of ether oxygens (including phenoxy) is 2. The molecule has 0 aliphatic rings. The van der Waals surface area contributed by atoms with Gasteiger partial charge in [-0.15, -0.1) is 0 Å². The Morgan fingerprint density at radius 3 is 2.80 bits per heavy atom. The van der Waals surface area contributed by atoms with E-state index >= 15 is 0 Å². The Bertz CT molecular complexity index is 464. The van der Waals surface area contributed by atoms with Crippen molar-refractivity contribution in [2.75, 3.05) is 13.2 Å². The molecule has 1 aromatic rings. The molecule has 2 unspecified atom stereocenters. The minimum Gasteiger partial charge on any atom is -0.465 e. The highest BCUT2D eigenvalue weighted by Gasteiger charge is 2.27. The number of carbonyl (C=O) groups is 1. The molecule has 0 bridgehead atoms. The second-order valence-corrected chi connectivity index (χ2v) is 4.80. The fraction of sp³-hybridized carbons (Fsp3) is 0.429. The van der Waals surface area contributed by atoms with Crippen molar-refractivity contribution in [3.8, 4) is 0 Å². The number of benzene rings is 1. The van der Waals surface area contributed by atoms with Crippen LogP contribution in [0.3, 0.4) is 0 Å². The van der Waals surface area contributed by atoms with Gasteiger partial charge >= 0.3 is 5.97 Å². The third kappa shape index (κ3) is 5.40. The van der Waals surface area contributed by atoms with Gasteiger partial charge in [-0.2, -0.15) is 0 Å². The van der Waals surface area contributed by atoms with Crippen LogP contribution in [0.2, 0.25) is 0 Å². The van der Waals surface area contributed by atoms with Crippen LogP contribution < -0.4 is 0 Å². The Morgan fingerprint density at radius 2 is 2.20 bits per heavy atom. The fourth-order valence-corrected chi connectivity index (χ4v) is 1.87. The van der Waals surface area contributed by atoms with E-state index in [9.17, 15) is 9.90 Å². The van der Waals surface area contributed by atoms with Gasteiger partial charge in [0.2, 0.25) is 0 Å². The standard InChI is InChI=1S/C14H18BrNO4/c1-3-19-13(17)12(14(18)20-4-2)9-16-11-7-5-6-10(15)8-11/h5-9,12-13,17H,3-4H2,1-2H3. The van der Waals surface area contributed by atoms with Gasteiger partial charge in [0.15, 0.2) is 6.29 Å². The SMILES string of the molecule is CCOC(=O)C(C=Nc1cccc(Br)c1)C(O)OCC. The number of halogens is 1. The summed E-state index contributed by atoms with van der Waals surface area (Å²) < 4.78 is 10.8. The third-order valence-electron chi connectivity index (χ3n) is 2.40. The molecule has 0 radical (unpaired) electrons. The van der Waals surface area contributed by atoms with E-state index in [1.165, 1.54) is 6.21 Å². The van der Waals surface area contributed by atoms with Crippen molar-refractivity contribution in [3.63, 3.8) is 0 Å². The van der Waals surface area contributed by atoms with Crippen molar-refractivity contribution in [2.45, 2.75) is 20.1 Å². The molecule has 110 valence electrons. The molecule has 0 amide bonds. The van der Waals surface area contributed by atoms with Crippen LogP contribution in [-0.2, 0) is 14.3 Å². The zero-order chi connectivity index (χ0) is 15.0. The highest BCUT2D eigenvalue weighted by atomic mass is 79.9. The lowest BCUT2D eigenvalue weighted by Gasteiger charge is -2.17. The molecule has 1 N–H and O–H groups in total. The highest BCUT2D eigenvalue weighted by Crippen LogP contribution is 2.19. The summed E-state index contributed by atoms with van der Waals surface area (Å²) >= 11 is 3.34. The van der Waals surface area contributed by atoms with Gasteiger partial charge in [0.05, 0.1) is 12.3 Å². The molecular formula is C14H18BrNO4. The predicted molar refractivity (Wildman–Crippen MR) is 80.0 cm³/mol. The molecule has 2 atom stereocenters. The van der Waals surface area contributed by atoms with E-state index in [1.807, 2.05) is 12.1 Å². The van der Waals surface area contributed by atoms with Crippen molar-refractivity contribution in [3.05, 3.63) is 28.7 Å². The first-order valence-corrected chi connectivity index (χ1v) is 7.13. The second kappa shape index (κ2) is 8.84. The van der Waals surface area contributed by atoms with Crippen LogP contribution >= 0.6 is 15.9 Å². The summed E-state index contributed by atoms with van der Waals surface area (Å²) in [6, 6.07) is 7.29. The van der Waals surface area contributed by atoms with Crippen LogP contribution in [0, 0.1) is 5.92 Å². The highest BCUT2D eigenvalue weighted by molar-refractivity contribution is 9.10. The first-order valence-electron chi connectivity index (χ1n) is 6.34. The van der Waals surface area contributed by atoms with E-state index < -0.39 is 18.2 Å². The number of aliphatic hydroxyl groups excluding tert-OH is 1. The number of hydrogen-bond acceptors (Lipinski definition) is 5. The van der Waals surface area contributed by atoms with E-state index in [-0.39, 0.29) is 6.61 Å². The predicted octanol–water partition coefficient (Wildman–Crippen LogP) is 2.69. The summed E-state index contributed by atoms with van der Waals surface area (Å²) in [6.07, 6.45) is 0.0788. The van der Waals surface area contributed by atoms with Crippen LogP contribution in [0.1, 0.15) is 13.8 Å². The summed E-state index contributed by atoms with van der Waals surface area (Å²) in [7, 11) is 0. The Balaban J connectivity index is 2.85. The molecular weight excluding hydrogens is 326 g/mol. The summed E-state index contributed by atoms with van der Waals surface area (Å²) in [5, 5.41) is 9.82. The Hall–Kier alpha value is -1.24. The monoisotopic (exact) mass is 343 g/mol. The Labute approximate surface area is 126 Å². The average molecular weight is 344 g/mol. The molecule has 5 nitrogen and oxygen atoms in total. The topological polar surface area (TPSA) is 68.1 Å². The minimum absolute atomic E-state index is 0.235. The third-order valence-corrected chi connectivity index (χ3v) is 2.89. The van der Waals surface area contributed by atoms with Gasteiger partial charge in [0, 0.05) is 17.3 Å². The maximum atomic E-state index is 11.8. The molecule has 0 aromatic heterocycles. The van der Waals surface area contributed by atoms with E-state index in [0.29, 0.717) is 12.3 Å². The van der Waals surface area contributed by atoms with Crippen LogP contribution in [-0.4, -0.2) is 36.8 Å². The van der Waals surface area contributed by atoms with E-state index in [4.69, 9.17) is 9.47 Å². The number of esters is 1. The number of carbonyl (C=O) groups excluding carboxylic acids is 1. The van der Waals surface area contributed by atoms with E-state index in [2.05, 4.69) is 20.9 Å². The van der Waals surface area contributed by atoms with Gasteiger partial charge in [0.25, 0.3) is 0 Å². The maximum absolute atomic E-state index is 11.8. The van der Waals surface area contributed by atoms with Crippen LogP contribution in [0.15, 0.2) is 33.7 Å². The zero-order valence-electron chi connectivity index (χ0n) is 11.5. The molecule has 0 saturated heterocycles. The quantitative estimate of drug-likeness (QED) is 0.469. The number of hydrogen-bond donors (Lipinski definition) is 1. The lowest BCUT2D eigenvalue weighted by Crippen LogP contribution is -2.33. The number of aliphatic imine (C=N–C) groups is 1. The maximum Gasteiger partial charge on any atom is 0.319 e. The number of rotatable bonds is 7. The largest absolute Gasteiger partial charge is 0.465 e. The van der Waals surface area contributed by atoms with E-state index in [1.54, 1.807) is 26.0 Å². The van der Waals surface area contributed by atoms with Gasteiger partial charge in [-0.1, -0.05) is 22.0 Å². The van der Waals surface area contributed by atoms with Gasteiger partial charge in [0.1, 0.15) is 5.92 Å². The first-order chi connectivity index (χ1) is 9.58. The summed E-state index contributed by atoms with van der Waals surface area (Å²) in [6.45, 7) is 3.96. The lowest BCUT2D eigenvalue weighted by molar-refractivity contribution is -0.164. The normalized spacial score (nSPS) is 14.2. The molecule has 20 heavy (non-hydrogen) atoms. The molecule has 1 aromatic carbocycles. The minimum atomic E-state index is -1.27. The summed E-state index contributed by atoms with van der Waals surface area (Å²) in [5.74, 6) is -1.51. The first kappa shape index (κ1) is 16.8.